The predicted molar refractivity (Wildman–Crippen MR) is 64.9 cm³/mol. The topological polar surface area (TPSA) is 40.5 Å². The van der Waals surface area contributed by atoms with E-state index in [1.54, 1.807) is 0 Å². The van der Waals surface area contributed by atoms with E-state index in [1.807, 2.05) is 0 Å². The van der Waals surface area contributed by atoms with Crippen LogP contribution in [0.1, 0.15) is 17.3 Å². The molecule has 1 aromatic carbocycles. The van der Waals surface area contributed by atoms with Crippen molar-refractivity contribution in [1.29, 1.82) is 0 Å². The summed E-state index contributed by atoms with van der Waals surface area (Å²) in [5.41, 5.74) is -0.230. The smallest absolute Gasteiger partial charge is 0.395 e. The first-order valence-corrected chi connectivity index (χ1v) is 6.06. The lowest BCUT2D eigenvalue weighted by molar-refractivity contribution is -0.149. The standard InChI is InChI=1S/C13H14F5NO2/c1-8(19(4-5-20)7-13(16,17)18)12(21)9-2-3-10(14)11(15)6-9/h2-3,6,8,20H,4-5,7H2,1H3. The van der Waals surface area contributed by atoms with Gasteiger partial charge >= 0.3 is 6.18 Å². The molecule has 1 atom stereocenters. The van der Waals surface area contributed by atoms with E-state index in [0.29, 0.717) is 6.07 Å². The van der Waals surface area contributed by atoms with E-state index in [1.165, 1.54) is 6.92 Å². The highest BCUT2D eigenvalue weighted by Crippen LogP contribution is 2.20. The normalized spacial score (nSPS) is 13.5. The summed E-state index contributed by atoms with van der Waals surface area (Å²) in [4.78, 5) is 12.8. The molecule has 0 bridgehead atoms. The molecule has 3 nitrogen and oxygen atoms in total. The average molecular weight is 311 g/mol. The maximum Gasteiger partial charge on any atom is 0.401 e. The fraction of sp³-hybridized carbons (Fsp3) is 0.462. The molecule has 0 aliphatic carbocycles. The number of benzene rings is 1. The fourth-order valence-corrected chi connectivity index (χ4v) is 1.82. The molecule has 0 fully saturated rings. The van der Waals surface area contributed by atoms with E-state index in [-0.39, 0.29) is 12.1 Å². The summed E-state index contributed by atoms with van der Waals surface area (Å²) in [7, 11) is 0. The van der Waals surface area contributed by atoms with Crippen molar-refractivity contribution in [3.05, 3.63) is 35.4 Å². The van der Waals surface area contributed by atoms with Crippen LogP contribution in [0, 0.1) is 11.6 Å². The van der Waals surface area contributed by atoms with Gasteiger partial charge in [-0.2, -0.15) is 13.2 Å². The molecule has 0 aliphatic heterocycles. The Morgan fingerprint density at radius 2 is 1.90 bits per heavy atom. The van der Waals surface area contributed by atoms with E-state index in [9.17, 15) is 26.7 Å². The molecule has 8 heteroatoms. The van der Waals surface area contributed by atoms with Crippen molar-refractivity contribution in [1.82, 2.24) is 4.90 Å². The number of alkyl halides is 3. The molecule has 1 rings (SSSR count). The van der Waals surface area contributed by atoms with E-state index in [0.717, 1.165) is 17.0 Å². The Morgan fingerprint density at radius 3 is 2.38 bits per heavy atom. The summed E-state index contributed by atoms with van der Waals surface area (Å²) in [5, 5.41) is 8.79. The van der Waals surface area contributed by atoms with Crippen LogP contribution in [0.2, 0.25) is 0 Å². The van der Waals surface area contributed by atoms with Gasteiger partial charge in [0.15, 0.2) is 17.4 Å². The van der Waals surface area contributed by atoms with Crippen molar-refractivity contribution in [2.24, 2.45) is 0 Å². The largest absolute Gasteiger partial charge is 0.401 e. The molecule has 118 valence electrons. The van der Waals surface area contributed by atoms with Gasteiger partial charge in [-0.05, 0) is 25.1 Å². The van der Waals surface area contributed by atoms with Crippen LogP contribution in [0.3, 0.4) is 0 Å². The molecule has 0 spiro atoms. The maximum absolute atomic E-state index is 13.1. The van der Waals surface area contributed by atoms with Crippen LogP contribution in [0.15, 0.2) is 18.2 Å². The molecule has 0 aliphatic rings. The van der Waals surface area contributed by atoms with Gasteiger partial charge in [0.05, 0.1) is 19.2 Å². The minimum atomic E-state index is -4.54. The summed E-state index contributed by atoms with van der Waals surface area (Å²) in [6.45, 7) is -1.10. The van der Waals surface area contributed by atoms with E-state index >= 15 is 0 Å². The Labute approximate surface area is 118 Å². The molecular weight excluding hydrogens is 297 g/mol. The third kappa shape index (κ3) is 5.05. The third-order valence-electron chi connectivity index (χ3n) is 2.90. The second-order valence-corrected chi connectivity index (χ2v) is 4.48. The van der Waals surface area contributed by atoms with E-state index in [4.69, 9.17) is 5.11 Å². The minimum absolute atomic E-state index is 0.230. The van der Waals surface area contributed by atoms with E-state index in [2.05, 4.69) is 0 Å². The number of Topliss-reactive ketones (excluding diaryl/α,β-unsaturated/α-hetero) is 1. The van der Waals surface area contributed by atoms with Crippen LogP contribution >= 0.6 is 0 Å². The van der Waals surface area contributed by atoms with Gasteiger partial charge in [-0.15, -0.1) is 0 Å². The number of ketones is 1. The second-order valence-electron chi connectivity index (χ2n) is 4.48. The van der Waals surface area contributed by atoms with Gasteiger partial charge in [0, 0.05) is 12.1 Å². The molecule has 0 radical (unpaired) electrons. The minimum Gasteiger partial charge on any atom is -0.395 e. The number of hydrogen-bond acceptors (Lipinski definition) is 3. The van der Waals surface area contributed by atoms with Gasteiger partial charge in [-0.25, -0.2) is 8.78 Å². The molecule has 0 heterocycles. The van der Waals surface area contributed by atoms with Gasteiger partial charge in [0.2, 0.25) is 0 Å². The lowest BCUT2D eigenvalue weighted by atomic mass is 10.0. The molecule has 0 amide bonds. The van der Waals surface area contributed by atoms with Crippen LogP contribution < -0.4 is 0 Å². The Kier molecular flexibility index (Phi) is 5.79. The van der Waals surface area contributed by atoms with Crippen molar-refractivity contribution in [3.8, 4) is 0 Å². The summed E-state index contributed by atoms with van der Waals surface area (Å²) >= 11 is 0. The zero-order valence-electron chi connectivity index (χ0n) is 11.1. The quantitative estimate of drug-likeness (QED) is 0.648. The number of carbonyl (C=O) groups is 1. The Morgan fingerprint density at radius 1 is 1.29 bits per heavy atom. The fourth-order valence-electron chi connectivity index (χ4n) is 1.82. The molecule has 1 aromatic rings. The van der Waals surface area contributed by atoms with Crippen LogP contribution in [-0.4, -0.2) is 47.7 Å². The number of nitrogens with zero attached hydrogens (tertiary/aromatic N) is 1. The molecular formula is C13H14F5NO2. The first-order chi connectivity index (χ1) is 9.65. The number of aliphatic hydroxyl groups is 1. The Hall–Kier alpha value is -1.54. The van der Waals surface area contributed by atoms with Crippen LogP contribution in [-0.2, 0) is 0 Å². The molecule has 0 saturated carbocycles. The number of aliphatic hydroxyl groups excluding tert-OH is 1. The predicted octanol–water partition coefficient (Wildman–Crippen LogP) is 2.39. The van der Waals surface area contributed by atoms with Gasteiger partial charge in [-0.3, -0.25) is 9.69 Å². The molecule has 21 heavy (non-hydrogen) atoms. The highest BCUT2D eigenvalue weighted by atomic mass is 19.4. The van der Waals surface area contributed by atoms with Crippen molar-refractivity contribution in [2.75, 3.05) is 19.7 Å². The van der Waals surface area contributed by atoms with Gasteiger partial charge in [0.1, 0.15) is 0 Å². The summed E-state index contributed by atoms with van der Waals surface area (Å²) in [6, 6.07) is 1.14. The first-order valence-electron chi connectivity index (χ1n) is 6.06. The summed E-state index contributed by atoms with van der Waals surface area (Å²) in [5.74, 6) is -3.19. The molecule has 0 saturated heterocycles. The van der Waals surface area contributed by atoms with Crippen molar-refractivity contribution < 1.29 is 31.9 Å². The third-order valence-corrected chi connectivity index (χ3v) is 2.90. The highest BCUT2D eigenvalue weighted by molar-refractivity contribution is 5.99. The van der Waals surface area contributed by atoms with Crippen LogP contribution in [0.5, 0.6) is 0 Å². The average Bonchev–Trinajstić information content (AvgIpc) is 2.38. The zero-order chi connectivity index (χ0) is 16.2. The second kappa shape index (κ2) is 6.95. The lowest BCUT2D eigenvalue weighted by Crippen LogP contribution is -2.45. The number of hydrogen-bond donors (Lipinski definition) is 1. The molecule has 1 unspecified atom stereocenters. The monoisotopic (exact) mass is 311 g/mol. The summed E-state index contributed by atoms with van der Waals surface area (Å²) in [6.07, 6.45) is -4.54. The SMILES string of the molecule is CC(C(=O)c1ccc(F)c(F)c1)N(CCO)CC(F)(F)F. The van der Waals surface area contributed by atoms with Crippen LogP contribution in [0.4, 0.5) is 22.0 Å². The Balaban J connectivity index is 2.93. The molecule has 0 aromatic heterocycles. The van der Waals surface area contributed by atoms with E-state index < -0.39 is 42.8 Å². The molecule has 1 N–H and O–H groups in total. The van der Waals surface area contributed by atoms with Gasteiger partial charge in [-0.1, -0.05) is 0 Å². The number of halogens is 5. The van der Waals surface area contributed by atoms with Crippen molar-refractivity contribution in [3.63, 3.8) is 0 Å². The van der Waals surface area contributed by atoms with Crippen LogP contribution in [0.25, 0.3) is 0 Å². The number of rotatable bonds is 6. The van der Waals surface area contributed by atoms with Gasteiger partial charge in [0.25, 0.3) is 0 Å². The maximum atomic E-state index is 13.1. The highest BCUT2D eigenvalue weighted by Gasteiger charge is 2.34. The van der Waals surface area contributed by atoms with Crippen molar-refractivity contribution in [2.45, 2.75) is 19.1 Å². The zero-order valence-corrected chi connectivity index (χ0v) is 11.1. The Bertz CT molecular complexity index is 504. The summed E-state index contributed by atoms with van der Waals surface area (Å²) < 4.78 is 63.1. The van der Waals surface area contributed by atoms with Gasteiger partial charge < -0.3 is 5.11 Å². The first kappa shape index (κ1) is 17.5. The lowest BCUT2D eigenvalue weighted by Gasteiger charge is -2.28. The number of carbonyl (C=O) groups excluding carboxylic acids is 1. The van der Waals surface area contributed by atoms with Crippen molar-refractivity contribution >= 4 is 5.78 Å².